The van der Waals surface area contributed by atoms with Crippen LogP contribution in [0.15, 0.2) is 35.5 Å². The topological polar surface area (TPSA) is 89.6 Å². The van der Waals surface area contributed by atoms with E-state index in [9.17, 15) is 9.59 Å². The molecule has 5 rings (SSSR count). The van der Waals surface area contributed by atoms with Crippen molar-refractivity contribution in [1.82, 2.24) is 10.3 Å². The molecule has 3 aliphatic rings. The van der Waals surface area contributed by atoms with E-state index in [4.69, 9.17) is 21.1 Å². The van der Waals surface area contributed by atoms with E-state index in [0.29, 0.717) is 35.3 Å². The second-order valence-corrected chi connectivity index (χ2v) is 11.0. The smallest absolute Gasteiger partial charge is 0.309 e. The lowest BCUT2D eigenvalue weighted by Gasteiger charge is -2.32. The van der Waals surface area contributed by atoms with E-state index < -0.39 is 17.7 Å². The predicted octanol–water partition coefficient (Wildman–Crippen LogP) is 4.95. The number of rotatable bonds is 5. The maximum absolute atomic E-state index is 12.4. The maximum Gasteiger partial charge on any atom is 0.309 e. The van der Waals surface area contributed by atoms with Gasteiger partial charge in [0.25, 0.3) is 5.79 Å². The fraction of sp³-hybridized carbons (Fsp3) is 0.500. The van der Waals surface area contributed by atoms with E-state index in [2.05, 4.69) is 21.7 Å². The third-order valence-corrected chi connectivity index (χ3v) is 8.60. The van der Waals surface area contributed by atoms with Crippen molar-refractivity contribution in [3.8, 4) is 0 Å². The summed E-state index contributed by atoms with van der Waals surface area (Å²) >= 11 is 8.62. The standard InChI is InChI=1S/C26H30ClN3O4S/c27-21-7-6-20-19(10-12-29-16-26(20)33-23(31)8-9-24(32)34-26)25(21)30-15-17-14-28-13-11-22(17)35-18-4-2-1-3-5-18/h6-7,11,13-14,18,29-30H,1-5,8-10,12,15-16H2. The molecule has 3 heterocycles. The number of carbonyl (C=O) groups excluding carboxylic acids is 2. The van der Waals surface area contributed by atoms with Gasteiger partial charge in [0.15, 0.2) is 0 Å². The van der Waals surface area contributed by atoms with Crippen molar-refractivity contribution >= 4 is 41.0 Å². The summed E-state index contributed by atoms with van der Waals surface area (Å²) in [4.78, 5) is 30.3. The monoisotopic (exact) mass is 515 g/mol. The Bertz CT molecular complexity index is 1090. The molecule has 186 valence electrons. The van der Waals surface area contributed by atoms with Gasteiger partial charge in [0.1, 0.15) is 0 Å². The molecular weight excluding hydrogens is 486 g/mol. The first-order chi connectivity index (χ1) is 17.0. The lowest BCUT2D eigenvalue weighted by molar-refractivity contribution is -0.225. The number of pyridine rings is 1. The number of hydrogen-bond acceptors (Lipinski definition) is 8. The van der Waals surface area contributed by atoms with Gasteiger partial charge in [-0.1, -0.05) is 30.9 Å². The first-order valence-electron chi connectivity index (χ1n) is 12.3. The van der Waals surface area contributed by atoms with Crippen LogP contribution in [-0.2, 0) is 37.8 Å². The highest BCUT2D eigenvalue weighted by Gasteiger charge is 2.46. The van der Waals surface area contributed by atoms with Crippen molar-refractivity contribution in [2.45, 2.75) is 73.8 Å². The molecule has 1 saturated carbocycles. The van der Waals surface area contributed by atoms with Gasteiger partial charge >= 0.3 is 11.9 Å². The van der Waals surface area contributed by atoms with Crippen molar-refractivity contribution in [3.05, 3.63) is 52.3 Å². The molecule has 2 fully saturated rings. The summed E-state index contributed by atoms with van der Waals surface area (Å²) in [6.07, 6.45) is 10.9. The van der Waals surface area contributed by atoms with E-state index in [1.165, 1.54) is 37.0 Å². The number of ether oxygens (including phenoxy) is 2. The number of anilines is 1. The van der Waals surface area contributed by atoms with Crippen LogP contribution in [0.1, 0.15) is 61.6 Å². The Morgan fingerprint density at radius 3 is 2.63 bits per heavy atom. The van der Waals surface area contributed by atoms with Gasteiger partial charge in [-0.3, -0.25) is 14.6 Å². The van der Waals surface area contributed by atoms with Crippen LogP contribution in [0.25, 0.3) is 0 Å². The summed E-state index contributed by atoms with van der Waals surface area (Å²) in [5.74, 6) is -2.39. The van der Waals surface area contributed by atoms with Gasteiger partial charge in [0.2, 0.25) is 0 Å². The highest BCUT2D eigenvalue weighted by Crippen LogP contribution is 2.41. The number of halogens is 1. The number of nitrogens with one attached hydrogen (secondary N) is 2. The molecule has 0 radical (unpaired) electrons. The van der Waals surface area contributed by atoms with Crippen molar-refractivity contribution in [2.24, 2.45) is 0 Å². The van der Waals surface area contributed by atoms with Crippen molar-refractivity contribution < 1.29 is 19.1 Å². The molecule has 1 aromatic carbocycles. The molecule has 9 heteroatoms. The van der Waals surface area contributed by atoms with Crippen LogP contribution < -0.4 is 10.6 Å². The predicted molar refractivity (Wildman–Crippen MR) is 135 cm³/mol. The van der Waals surface area contributed by atoms with Crippen molar-refractivity contribution in [1.29, 1.82) is 0 Å². The number of esters is 2. The second kappa shape index (κ2) is 10.8. The van der Waals surface area contributed by atoms with Crippen molar-refractivity contribution in [2.75, 3.05) is 18.4 Å². The summed E-state index contributed by atoms with van der Waals surface area (Å²) in [6.45, 7) is 1.39. The Kier molecular flexibility index (Phi) is 7.51. The molecular formula is C26H30ClN3O4S. The van der Waals surface area contributed by atoms with Gasteiger partial charge < -0.3 is 20.1 Å². The number of thioether (sulfide) groups is 1. The normalized spacial score (nSPS) is 20.4. The summed E-state index contributed by atoms with van der Waals surface area (Å²) in [7, 11) is 0. The quantitative estimate of drug-likeness (QED) is 0.541. The number of aromatic nitrogens is 1. The van der Waals surface area contributed by atoms with Crippen LogP contribution in [0.5, 0.6) is 0 Å². The molecule has 0 amide bonds. The van der Waals surface area contributed by atoms with Crippen molar-refractivity contribution in [3.63, 3.8) is 0 Å². The molecule has 0 unspecified atom stereocenters. The zero-order valence-corrected chi connectivity index (χ0v) is 21.2. The first kappa shape index (κ1) is 24.4. The van der Waals surface area contributed by atoms with E-state index in [1.54, 1.807) is 12.1 Å². The van der Waals surface area contributed by atoms with Gasteiger partial charge in [0, 0.05) is 40.2 Å². The molecule has 2 N–H and O–H groups in total. The van der Waals surface area contributed by atoms with E-state index in [-0.39, 0.29) is 19.4 Å². The minimum Gasteiger partial charge on any atom is -0.416 e. The third kappa shape index (κ3) is 5.44. The van der Waals surface area contributed by atoms with Gasteiger partial charge in [-0.25, -0.2) is 0 Å². The van der Waals surface area contributed by atoms with Crippen LogP contribution in [0, 0.1) is 0 Å². The van der Waals surface area contributed by atoms with Gasteiger partial charge in [-0.2, -0.15) is 0 Å². The molecule has 1 aliphatic carbocycles. The number of benzene rings is 1. The zero-order valence-electron chi connectivity index (χ0n) is 19.6. The number of carbonyl (C=O) groups is 2. The molecule has 35 heavy (non-hydrogen) atoms. The summed E-state index contributed by atoms with van der Waals surface area (Å²) < 4.78 is 11.5. The van der Waals surface area contributed by atoms with E-state index in [0.717, 1.165) is 16.8 Å². The molecule has 1 saturated heterocycles. The summed E-state index contributed by atoms with van der Waals surface area (Å²) in [5.41, 5.74) is 3.42. The van der Waals surface area contributed by atoms with Gasteiger partial charge in [-0.05, 0) is 49.6 Å². The SMILES string of the molecule is O=C1CCC(=O)OC2(CNCCc3c2ccc(Cl)c3NCc2cnccc2SC2CCCCC2)O1. The van der Waals surface area contributed by atoms with Crippen LogP contribution >= 0.6 is 23.4 Å². The Morgan fingerprint density at radius 2 is 1.86 bits per heavy atom. The van der Waals surface area contributed by atoms with E-state index >= 15 is 0 Å². The molecule has 7 nitrogen and oxygen atoms in total. The first-order valence-corrected chi connectivity index (χ1v) is 13.6. The lowest BCUT2D eigenvalue weighted by atomic mass is 9.96. The minimum absolute atomic E-state index is 0.0110. The Hall–Kier alpha value is -2.29. The van der Waals surface area contributed by atoms with Gasteiger partial charge in [-0.15, -0.1) is 11.8 Å². The highest BCUT2D eigenvalue weighted by molar-refractivity contribution is 8.00. The Labute approximate surface area is 214 Å². The molecule has 2 aliphatic heterocycles. The highest BCUT2D eigenvalue weighted by atomic mass is 35.5. The van der Waals surface area contributed by atoms with Gasteiger partial charge in [0.05, 0.1) is 30.1 Å². The average molecular weight is 516 g/mol. The molecule has 1 spiro atoms. The minimum atomic E-state index is -1.49. The summed E-state index contributed by atoms with van der Waals surface area (Å²) in [6, 6.07) is 5.66. The Morgan fingerprint density at radius 1 is 1.09 bits per heavy atom. The lowest BCUT2D eigenvalue weighted by Crippen LogP contribution is -2.43. The molecule has 0 atom stereocenters. The van der Waals surface area contributed by atoms with Crippen LogP contribution in [-0.4, -0.2) is 35.3 Å². The number of nitrogens with zero attached hydrogens (tertiary/aromatic N) is 1. The molecule has 0 bridgehead atoms. The second-order valence-electron chi connectivity index (χ2n) is 9.29. The zero-order chi connectivity index (χ0) is 24.3. The average Bonchev–Trinajstić information content (AvgIpc) is 3.12. The summed E-state index contributed by atoms with van der Waals surface area (Å²) in [5, 5.41) is 8.00. The number of fused-ring (bicyclic) bond motifs is 2. The fourth-order valence-electron chi connectivity index (χ4n) is 5.07. The van der Waals surface area contributed by atoms with Crippen LogP contribution in [0.3, 0.4) is 0 Å². The molecule has 1 aromatic heterocycles. The Balaban J connectivity index is 1.43. The van der Waals surface area contributed by atoms with E-state index in [1.807, 2.05) is 24.2 Å². The number of hydrogen-bond donors (Lipinski definition) is 2. The van der Waals surface area contributed by atoms with Crippen LogP contribution in [0.4, 0.5) is 5.69 Å². The third-order valence-electron chi connectivity index (χ3n) is 6.83. The molecule has 2 aromatic rings. The largest absolute Gasteiger partial charge is 0.416 e. The fourth-order valence-corrected chi connectivity index (χ4v) is 6.66. The maximum atomic E-state index is 12.4. The van der Waals surface area contributed by atoms with Crippen LogP contribution in [0.2, 0.25) is 5.02 Å².